The molecule has 3 aromatic carbocycles. The number of hydrogen-bond donors (Lipinski definition) is 2. The molecule has 3 fully saturated rings. The number of hydrogen-bond acceptors (Lipinski definition) is 7. The summed E-state index contributed by atoms with van der Waals surface area (Å²) >= 11 is 1.59. The number of fused-ring (bicyclic) bond motifs is 1. The minimum Gasteiger partial charge on any atom is -0.459 e. The molecule has 222 valence electrons. The van der Waals surface area contributed by atoms with Gasteiger partial charge in [-0.05, 0) is 29.5 Å². The molecule has 4 atom stereocenters. The van der Waals surface area contributed by atoms with E-state index < -0.39 is 46.2 Å². The number of benzene rings is 3. The molecule has 3 unspecified atom stereocenters. The summed E-state index contributed by atoms with van der Waals surface area (Å²) in [4.78, 5) is 54.9. The van der Waals surface area contributed by atoms with E-state index in [9.17, 15) is 19.2 Å². The van der Waals surface area contributed by atoms with Gasteiger partial charge in [0.05, 0.1) is 0 Å². The fourth-order valence-corrected chi connectivity index (χ4v) is 8.15. The van der Waals surface area contributed by atoms with E-state index in [0.29, 0.717) is 5.56 Å². The van der Waals surface area contributed by atoms with Gasteiger partial charge in [0.2, 0.25) is 11.8 Å². The maximum Gasteiger partial charge on any atom is 0.408 e. The molecule has 2 heterocycles. The first-order chi connectivity index (χ1) is 20.9. The van der Waals surface area contributed by atoms with Crippen molar-refractivity contribution in [2.75, 3.05) is 0 Å². The summed E-state index contributed by atoms with van der Waals surface area (Å²) in [6, 6.07) is 24.9. The van der Waals surface area contributed by atoms with Gasteiger partial charge in [-0.25, -0.2) is 9.59 Å². The summed E-state index contributed by atoms with van der Waals surface area (Å²) in [7, 11) is 0. The van der Waals surface area contributed by atoms with Crippen molar-refractivity contribution in [1.82, 2.24) is 15.5 Å². The lowest BCUT2D eigenvalue weighted by Crippen LogP contribution is -2.71. The molecule has 2 aliphatic heterocycles. The van der Waals surface area contributed by atoms with Crippen LogP contribution in [0.3, 0.4) is 0 Å². The summed E-state index contributed by atoms with van der Waals surface area (Å²) < 4.78 is 10.6. The maximum atomic E-state index is 13.6. The Morgan fingerprint density at radius 2 is 1.40 bits per heavy atom. The van der Waals surface area contributed by atoms with Crippen LogP contribution in [0.25, 0.3) is 0 Å². The predicted octanol–water partition coefficient (Wildman–Crippen LogP) is 4.48. The Morgan fingerprint density at radius 1 is 0.837 bits per heavy atom. The number of carbonyl (C=O) groups is 4. The quantitative estimate of drug-likeness (QED) is 0.275. The summed E-state index contributed by atoms with van der Waals surface area (Å²) in [6.45, 7) is 0.184. The lowest BCUT2D eigenvalue weighted by Gasteiger charge is -2.44. The van der Waals surface area contributed by atoms with Crippen LogP contribution in [0, 0.1) is 0 Å². The van der Waals surface area contributed by atoms with Gasteiger partial charge in [0.1, 0.15) is 36.7 Å². The van der Waals surface area contributed by atoms with Gasteiger partial charge in [-0.1, -0.05) is 104 Å². The van der Waals surface area contributed by atoms with Crippen molar-refractivity contribution >= 4 is 35.6 Å². The van der Waals surface area contributed by atoms with E-state index in [1.54, 1.807) is 40.9 Å². The zero-order chi connectivity index (χ0) is 29.8. The number of ether oxygens (including phenoxy) is 2. The molecule has 0 bridgehead atoms. The molecule has 10 heteroatoms. The van der Waals surface area contributed by atoms with Crippen molar-refractivity contribution in [3.05, 3.63) is 108 Å². The Morgan fingerprint density at radius 3 is 2.00 bits per heavy atom. The highest BCUT2D eigenvalue weighted by atomic mass is 32.2. The number of amides is 3. The first-order valence-corrected chi connectivity index (χ1v) is 15.4. The Bertz CT molecular complexity index is 1470. The second-order valence-corrected chi connectivity index (χ2v) is 12.6. The monoisotopic (exact) mass is 599 g/mol. The van der Waals surface area contributed by atoms with Crippen molar-refractivity contribution in [3.63, 3.8) is 0 Å². The zero-order valence-corrected chi connectivity index (χ0v) is 24.3. The van der Waals surface area contributed by atoms with Gasteiger partial charge < -0.3 is 25.0 Å². The van der Waals surface area contributed by atoms with Crippen LogP contribution in [0.4, 0.5) is 4.79 Å². The van der Waals surface area contributed by atoms with Gasteiger partial charge in [-0.3, -0.25) is 9.59 Å². The summed E-state index contributed by atoms with van der Waals surface area (Å²) in [5.41, 5.74) is 2.24. The summed E-state index contributed by atoms with van der Waals surface area (Å²) in [6.07, 6.45) is 2.77. The number of thioether (sulfide) groups is 1. The molecule has 2 N–H and O–H groups in total. The molecule has 1 saturated carbocycles. The molecule has 3 aliphatic rings. The lowest BCUT2D eigenvalue weighted by atomic mass is 9.91. The number of nitrogens with one attached hydrogen (secondary N) is 2. The number of rotatable bonds is 9. The highest BCUT2D eigenvalue weighted by molar-refractivity contribution is 8.01. The summed E-state index contributed by atoms with van der Waals surface area (Å²) in [5.74, 6) is -1.27. The van der Waals surface area contributed by atoms with E-state index in [1.165, 1.54) is 0 Å². The van der Waals surface area contributed by atoms with Crippen LogP contribution in [0.15, 0.2) is 91.0 Å². The van der Waals surface area contributed by atoms with E-state index in [-0.39, 0.29) is 19.1 Å². The van der Waals surface area contributed by atoms with Crippen LogP contribution >= 0.6 is 11.8 Å². The van der Waals surface area contributed by atoms with Crippen LogP contribution in [-0.4, -0.2) is 51.0 Å². The molecule has 1 spiro atoms. The van der Waals surface area contributed by atoms with Gasteiger partial charge in [-0.2, -0.15) is 0 Å². The number of carbonyl (C=O) groups excluding carboxylic acids is 4. The SMILES string of the molecule is O=C(NC(C(=O)NC1C(=O)N2C(C(=O)OCc3ccccc3)C3(CCCC3)S[C@@H]12)c1ccccc1)OCc1ccccc1. The van der Waals surface area contributed by atoms with Crippen molar-refractivity contribution in [2.24, 2.45) is 0 Å². The van der Waals surface area contributed by atoms with Gasteiger partial charge >= 0.3 is 12.1 Å². The highest BCUT2D eigenvalue weighted by Gasteiger charge is 2.67. The number of alkyl carbamates (subject to hydrolysis) is 1. The normalized spacial score (nSPS) is 22.3. The smallest absolute Gasteiger partial charge is 0.408 e. The van der Waals surface area contributed by atoms with Gasteiger partial charge in [-0.15, -0.1) is 11.8 Å². The first kappa shape index (κ1) is 28.8. The molecular formula is C33H33N3O6S. The van der Waals surface area contributed by atoms with Crippen molar-refractivity contribution in [2.45, 2.75) is 67.1 Å². The highest BCUT2D eigenvalue weighted by Crippen LogP contribution is 2.58. The Hall–Kier alpha value is -4.31. The van der Waals surface area contributed by atoms with Crippen molar-refractivity contribution in [1.29, 1.82) is 0 Å². The number of nitrogens with zero attached hydrogens (tertiary/aromatic N) is 1. The second kappa shape index (κ2) is 12.5. The third-order valence-electron chi connectivity index (χ3n) is 8.28. The van der Waals surface area contributed by atoms with Crippen LogP contribution < -0.4 is 10.6 Å². The number of esters is 1. The molecule has 0 radical (unpaired) electrons. The van der Waals surface area contributed by atoms with Crippen LogP contribution in [0.2, 0.25) is 0 Å². The molecule has 1 aliphatic carbocycles. The average molecular weight is 600 g/mol. The molecule has 0 aromatic heterocycles. The van der Waals surface area contributed by atoms with Crippen LogP contribution in [0.1, 0.15) is 48.4 Å². The van der Waals surface area contributed by atoms with Crippen LogP contribution in [0.5, 0.6) is 0 Å². The Kier molecular flexibility index (Phi) is 8.38. The minimum absolute atomic E-state index is 0.0500. The van der Waals surface area contributed by atoms with Gasteiger partial charge in [0, 0.05) is 4.75 Å². The third kappa shape index (κ3) is 5.97. The van der Waals surface area contributed by atoms with E-state index in [2.05, 4.69) is 10.6 Å². The Labute approximate surface area is 254 Å². The Balaban J connectivity index is 1.14. The van der Waals surface area contributed by atoms with E-state index in [1.807, 2.05) is 66.7 Å². The topological polar surface area (TPSA) is 114 Å². The maximum absolute atomic E-state index is 13.6. The standard InChI is InChI=1S/C33H33N3O6S/c37-28(25(24-16-8-3-9-17-24)35-32(40)42-21-23-14-6-2-7-15-23)34-26-29(38)36-27(33(43-30(26)36)18-10-11-19-33)31(39)41-20-22-12-4-1-5-13-22/h1-9,12-17,25-27,30H,10-11,18-21H2,(H,34,37)(H,35,40)/t25?,26?,27?,30-/m0/s1. The molecule has 43 heavy (non-hydrogen) atoms. The lowest BCUT2D eigenvalue weighted by molar-refractivity contribution is -0.165. The molecule has 2 saturated heterocycles. The molecule has 6 rings (SSSR count). The third-order valence-corrected chi connectivity index (χ3v) is 10.1. The average Bonchev–Trinajstić information content (AvgIpc) is 3.64. The zero-order valence-electron chi connectivity index (χ0n) is 23.5. The van der Waals surface area contributed by atoms with Crippen LogP contribution in [-0.2, 0) is 37.1 Å². The van der Waals surface area contributed by atoms with Crippen molar-refractivity contribution in [3.8, 4) is 0 Å². The summed E-state index contributed by atoms with van der Waals surface area (Å²) in [5, 5.41) is 5.13. The van der Waals surface area contributed by atoms with E-state index in [4.69, 9.17) is 9.47 Å². The fraction of sp³-hybridized carbons (Fsp3) is 0.333. The molecule has 3 aromatic rings. The predicted molar refractivity (Wildman–Crippen MR) is 160 cm³/mol. The van der Waals surface area contributed by atoms with E-state index >= 15 is 0 Å². The molecular weight excluding hydrogens is 566 g/mol. The van der Waals surface area contributed by atoms with Gasteiger partial charge in [0.15, 0.2) is 0 Å². The van der Waals surface area contributed by atoms with Crippen molar-refractivity contribution < 1.29 is 28.7 Å². The second-order valence-electron chi connectivity index (χ2n) is 11.1. The number of β-lactam (4-membered cyclic amide) rings is 1. The molecule has 3 amide bonds. The minimum atomic E-state index is -1.08. The van der Waals surface area contributed by atoms with E-state index in [0.717, 1.165) is 36.8 Å². The largest absolute Gasteiger partial charge is 0.459 e. The fourth-order valence-electron chi connectivity index (χ4n) is 6.14. The molecule has 9 nitrogen and oxygen atoms in total. The first-order valence-electron chi connectivity index (χ1n) is 14.5. The van der Waals surface area contributed by atoms with Gasteiger partial charge in [0.25, 0.3) is 0 Å².